The van der Waals surface area contributed by atoms with E-state index < -0.39 is 15.5 Å². The summed E-state index contributed by atoms with van der Waals surface area (Å²) in [5, 5.41) is 0. The van der Waals surface area contributed by atoms with Crippen LogP contribution in [0.2, 0.25) is 0 Å². The van der Waals surface area contributed by atoms with E-state index in [4.69, 9.17) is 0 Å². The van der Waals surface area contributed by atoms with E-state index in [2.05, 4.69) is 0 Å². The standard InChI is InChI=1S/C5H7F3NO2S/c6-5(7,8)12(10,11)9-3-1-2-4-9/h1H,2-4H2. The predicted molar refractivity (Wildman–Crippen MR) is 35.5 cm³/mol. The molecule has 0 aromatic rings. The molecule has 7 heteroatoms. The molecule has 0 N–H and O–H groups in total. The van der Waals surface area contributed by atoms with E-state index in [9.17, 15) is 21.6 Å². The van der Waals surface area contributed by atoms with Gasteiger partial charge < -0.3 is 0 Å². The molecule has 0 bridgehead atoms. The maximum absolute atomic E-state index is 11.8. The molecule has 3 nitrogen and oxygen atoms in total. The average Bonchev–Trinajstić information content (AvgIpc) is 2.34. The topological polar surface area (TPSA) is 37.4 Å². The lowest BCUT2D eigenvalue weighted by Gasteiger charge is -2.16. The van der Waals surface area contributed by atoms with Crippen molar-refractivity contribution in [2.24, 2.45) is 0 Å². The Morgan fingerprint density at radius 1 is 1.33 bits per heavy atom. The number of halogens is 3. The van der Waals surface area contributed by atoms with Crippen molar-refractivity contribution in [1.29, 1.82) is 0 Å². The number of hydrogen-bond donors (Lipinski definition) is 0. The van der Waals surface area contributed by atoms with Crippen LogP contribution in [0.3, 0.4) is 0 Å². The molecule has 0 aromatic carbocycles. The monoisotopic (exact) mass is 202 g/mol. The second-order valence-electron chi connectivity index (χ2n) is 2.39. The highest BCUT2D eigenvalue weighted by Crippen LogP contribution is 2.28. The summed E-state index contributed by atoms with van der Waals surface area (Å²) < 4.78 is 57.2. The maximum atomic E-state index is 11.8. The third kappa shape index (κ3) is 1.56. The highest BCUT2D eigenvalue weighted by Gasteiger charge is 2.50. The minimum Gasteiger partial charge on any atom is -0.203 e. The van der Waals surface area contributed by atoms with Gasteiger partial charge in [-0.15, -0.1) is 0 Å². The van der Waals surface area contributed by atoms with Crippen LogP contribution in [0.15, 0.2) is 0 Å². The lowest BCUT2D eigenvalue weighted by atomic mass is 10.4. The van der Waals surface area contributed by atoms with Gasteiger partial charge >= 0.3 is 15.5 Å². The summed E-state index contributed by atoms with van der Waals surface area (Å²) in [6.45, 7) is -0.205. The number of nitrogens with zero attached hydrogens (tertiary/aromatic N) is 1. The Hall–Kier alpha value is -0.300. The Morgan fingerprint density at radius 2 is 1.92 bits per heavy atom. The van der Waals surface area contributed by atoms with Gasteiger partial charge in [-0.2, -0.15) is 17.5 Å². The van der Waals surface area contributed by atoms with Gasteiger partial charge in [-0.1, -0.05) is 0 Å². The van der Waals surface area contributed by atoms with Gasteiger partial charge in [-0.3, -0.25) is 0 Å². The molecular weight excluding hydrogens is 195 g/mol. The number of rotatable bonds is 1. The number of sulfonamides is 1. The van der Waals surface area contributed by atoms with Crippen molar-refractivity contribution < 1.29 is 21.6 Å². The molecule has 0 atom stereocenters. The van der Waals surface area contributed by atoms with Gasteiger partial charge in [-0.05, 0) is 12.8 Å². The molecule has 1 saturated heterocycles. The molecule has 0 spiro atoms. The summed E-state index contributed by atoms with van der Waals surface area (Å²) in [5.41, 5.74) is -5.16. The third-order valence-electron chi connectivity index (χ3n) is 1.55. The summed E-state index contributed by atoms with van der Waals surface area (Å²) in [5.74, 6) is 0. The highest BCUT2D eigenvalue weighted by atomic mass is 32.2. The van der Waals surface area contributed by atoms with Gasteiger partial charge in [-0.25, -0.2) is 8.42 Å². The van der Waals surface area contributed by atoms with E-state index in [1.54, 1.807) is 0 Å². The maximum Gasteiger partial charge on any atom is 0.511 e. The molecule has 0 aromatic heterocycles. The van der Waals surface area contributed by atoms with Crippen molar-refractivity contribution in [3.05, 3.63) is 6.42 Å². The Balaban J connectivity index is 2.85. The fourth-order valence-electron chi connectivity index (χ4n) is 0.927. The fourth-order valence-corrected chi connectivity index (χ4v) is 1.87. The van der Waals surface area contributed by atoms with E-state index in [0.29, 0.717) is 10.7 Å². The average molecular weight is 202 g/mol. The Kier molecular flexibility index (Phi) is 2.35. The smallest absolute Gasteiger partial charge is 0.203 e. The first kappa shape index (κ1) is 9.79. The molecule has 71 valence electrons. The van der Waals surface area contributed by atoms with Crippen molar-refractivity contribution in [1.82, 2.24) is 4.31 Å². The van der Waals surface area contributed by atoms with Gasteiger partial charge in [0.05, 0.1) is 0 Å². The van der Waals surface area contributed by atoms with Gasteiger partial charge in [0.1, 0.15) is 0 Å². The molecule has 0 unspecified atom stereocenters. The zero-order chi connectivity index (χ0) is 9.41. The minimum atomic E-state index is -5.16. The Morgan fingerprint density at radius 3 is 2.25 bits per heavy atom. The summed E-state index contributed by atoms with van der Waals surface area (Å²) in [7, 11) is -5.07. The molecule has 12 heavy (non-hydrogen) atoms. The molecule has 1 fully saturated rings. The van der Waals surface area contributed by atoms with Gasteiger partial charge in [0.15, 0.2) is 0 Å². The number of hydrogen-bond acceptors (Lipinski definition) is 2. The molecule has 1 aliphatic rings. The minimum absolute atomic E-state index is 0.0676. The summed E-state index contributed by atoms with van der Waals surface area (Å²) in [4.78, 5) is 0. The normalized spacial score (nSPS) is 21.6. The predicted octanol–water partition coefficient (Wildman–Crippen LogP) is 0.746. The van der Waals surface area contributed by atoms with Crippen LogP contribution in [0.25, 0.3) is 0 Å². The van der Waals surface area contributed by atoms with Crippen molar-refractivity contribution in [3.63, 3.8) is 0 Å². The van der Waals surface area contributed by atoms with Gasteiger partial charge in [0, 0.05) is 13.1 Å². The highest BCUT2D eigenvalue weighted by molar-refractivity contribution is 7.90. The van der Waals surface area contributed by atoms with E-state index in [0.717, 1.165) is 0 Å². The van der Waals surface area contributed by atoms with Crippen LogP contribution in [0.1, 0.15) is 6.42 Å². The van der Waals surface area contributed by atoms with Gasteiger partial charge in [0.25, 0.3) is 0 Å². The fraction of sp³-hybridized carbons (Fsp3) is 0.800. The lowest BCUT2D eigenvalue weighted by molar-refractivity contribution is -0.0482. The zero-order valence-corrected chi connectivity index (χ0v) is 6.82. The molecule has 1 aliphatic heterocycles. The first-order valence-electron chi connectivity index (χ1n) is 3.24. The van der Waals surface area contributed by atoms with Crippen LogP contribution >= 0.6 is 0 Å². The van der Waals surface area contributed by atoms with Crippen LogP contribution < -0.4 is 0 Å². The quantitative estimate of drug-likeness (QED) is 0.629. The summed E-state index contributed by atoms with van der Waals surface area (Å²) >= 11 is 0. The SMILES string of the molecule is O=S(=O)(N1C[CH]CC1)C(F)(F)F. The first-order chi connectivity index (χ1) is 5.36. The molecule has 0 amide bonds. The molecule has 0 aliphatic carbocycles. The summed E-state index contributed by atoms with van der Waals surface area (Å²) in [6, 6.07) is 0. The largest absolute Gasteiger partial charge is 0.511 e. The molecule has 0 saturated carbocycles. The van der Waals surface area contributed by atoms with E-state index in [1.807, 2.05) is 0 Å². The first-order valence-corrected chi connectivity index (χ1v) is 4.68. The Labute approximate surface area is 68.2 Å². The van der Waals surface area contributed by atoms with E-state index in [-0.39, 0.29) is 13.1 Å². The van der Waals surface area contributed by atoms with E-state index >= 15 is 0 Å². The zero-order valence-electron chi connectivity index (χ0n) is 6.00. The van der Waals surface area contributed by atoms with E-state index in [1.165, 1.54) is 6.42 Å². The van der Waals surface area contributed by atoms with Crippen molar-refractivity contribution >= 4 is 10.0 Å². The number of alkyl halides is 3. The van der Waals surface area contributed by atoms with Crippen LogP contribution in [0.5, 0.6) is 0 Å². The van der Waals surface area contributed by atoms with Crippen molar-refractivity contribution in [3.8, 4) is 0 Å². The van der Waals surface area contributed by atoms with Crippen molar-refractivity contribution in [2.45, 2.75) is 11.9 Å². The summed E-state index contributed by atoms with van der Waals surface area (Å²) in [6.07, 6.45) is 1.89. The van der Waals surface area contributed by atoms with Crippen LogP contribution in [0, 0.1) is 6.42 Å². The molecular formula is C5H7F3NO2S. The van der Waals surface area contributed by atoms with Crippen LogP contribution in [-0.4, -0.2) is 31.3 Å². The molecule has 1 rings (SSSR count). The van der Waals surface area contributed by atoms with Gasteiger partial charge in [0.2, 0.25) is 0 Å². The lowest BCUT2D eigenvalue weighted by Crippen LogP contribution is -2.38. The van der Waals surface area contributed by atoms with Crippen molar-refractivity contribution in [2.75, 3.05) is 13.1 Å². The third-order valence-corrected chi connectivity index (χ3v) is 3.14. The van der Waals surface area contributed by atoms with Crippen LogP contribution in [-0.2, 0) is 10.0 Å². The molecule has 1 radical (unpaired) electrons. The molecule has 1 heterocycles. The van der Waals surface area contributed by atoms with Crippen LogP contribution in [0.4, 0.5) is 13.2 Å². The second kappa shape index (κ2) is 2.88. The Bertz CT molecular complexity index is 252. The second-order valence-corrected chi connectivity index (χ2v) is 4.32.